The van der Waals surface area contributed by atoms with Gasteiger partial charge in [0.2, 0.25) is 0 Å². The van der Waals surface area contributed by atoms with E-state index in [2.05, 4.69) is 22.0 Å². The first kappa shape index (κ1) is 21.6. The molecule has 0 aliphatic heterocycles. The van der Waals surface area contributed by atoms with Crippen molar-refractivity contribution < 1.29 is 28.6 Å². The van der Waals surface area contributed by atoms with Gasteiger partial charge in [-0.2, -0.15) is 0 Å². The number of benzene rings is 4. The molecule has 0 unspecified atom stereocenters. The second-order valence-electron chi connectivity index (χ2n) is 8.32. The van der Waals surface area contributed by atoms with Crippen molar-refractivity contribution in [1.82, 2.24) is 0 Å². The number of carbonyl (C=O) groups excluding carboxylic acids is 3. The van der Waals surface area contributed by atoms with Crippen molar-refractivity contribution >= 4 is 66.2 Å². The van der Waals surface area contributed by atoms with E-state index < -0.39 is 17.9 Å². The SMILES string of the molecule is CC(=O)Oc1c(OC(C)=O)c2c(OC(C)=O)c3c(c4ccc5ccc(Br)c1c5c42)CCCC3. The molecular formula is C26H21BrO6. The van der Waals surface area contributed by atoms with Crippen LogP contribution in [-0.2, 0) is 27.2 Å². The molecule has 0 saturated heterocycles. The summed E-state index contributed by atoms with van der Waals surface area (Å²) in [5, 5.41) is 4.73. The summed E-state index contributed by atoms with van der Waals surface area (Å²) >= 11 is 3.60. The van der Waals surface area contributed by atoms with Gasteiger partial charge in [0.05, 0.1) is 5.39 Å². The molecule has 4 aromatic rings. The Balaban J connectivity index is 2.12. The number of carbonyl (C=O) groups is 3. The maximum Gasteiger partial charge on any atom is 0.308 e. The number of esters is 3. The largest absolute Gasteiger partial charge is 0.426 e. The summed E-state index contributed by atoms with van der Waals surface area (Å²) in [5.74, 6) is -1.01. The Hall–Kier alpha value is -3.19. The van der Waals surface area contributed by atoms with Crippen LogP contribution in [0.15, 0.2) is 28.7 Å². The summed E-state index contributed by atoms with van der Waals surface area (Å²) in [6.45, 7) is 3.93. The third kappa shape index (κ3) is 3.42. The average Bonchev–Trinajstić information content (AvgIpc) is 2.75. The van der Waals surface area contributed by atoms with Crippen LogP contribution in [0.2, 0.25) is 0 Å². The highest BCUT2D eigenvalue weighted by Crippen LogP contribution is 2.55. The Morgan fingerprint density at radius 3 is 1.85 bits per heavy atom. The second kappa shape index (κ2) is 7.99. The third-order valence-electron chi connectivity index (χ3n) is 6.08. The minimum atomic E-state index is -0.572. The van der Waals surface area contributed by atoms with Crippen LogP contribution in [0, 0.1) is 0 Å². The lowest BCUT2D eigenvalue weighted by Crippen LogP contribution is -2.13. The fraction of sp³-hybridized carbons (Fsp3) is 0.269. The van der Waals surface area contributed by atoms with Crippen molar-refractivity contribution in [1.29, 1.82) is 0 Å². The summed E-state index contributed by atoms with van der Waals surface area (Å²) in [6.07, 6.45) is 3.59. The second-order valence-corrected chi connectivity index (χ2v) is 9.17. The molecule has 0 N–H and O–H groups in total. The lowest BCUT2D eigenvalue weighted by molar-refractivity contribution is -0.134. The predicted octanol–water partition coefficient (Wildman–Crippen LogP) is 6.00. The van der Waals surface area contributed by atoms with Crippen LogP contribution in [0.4, 0.5) is 0 Å². The highest BCUT2D eigenvalue weighted by Gasteiger charge is 2.31. The molecule has 5 rings (SSSR count). The molecule has 6 nitrogen and oxygen atoms in total. The van der Waals surface area contributed by atoms with Gasteiger partial charge in [0.25, 0.3) is 0 Å². The van der Waals surface area contributed by atoms with Crippen molar-refractivity contribution in [3.05, 3.63) is 39.9 Å². The standard InChI is InChI=1S/C26H21BrO6/c1-12(28)31-24-18-7-5-4-6-16(18)17-10-8-15-9-11-19(27)22-20(15)21(17)23(24)26(33-14(3)30)25(22)32-13(2)29/h8-11H,4-7H2,1-3H3. The summed E-state index contributed by atoms with van der Waals surface area (Å²) in [7, 11) is 0. The minimum absolute atomic E-state index is 0.0826. The molecule has 0 amide bonds. The van der Waals surface area contributed by atoms with Crippen molar-refractivity contribution in [2.75, 3.05) is 0 Å². The third-order valence-corrected chi connectivity index (χ3v) is 6.74. The molecule has 0 atom stereocenters. The van der Waals surface area contributed by atoms with Crippen LogP contribution in [0.5, 0.6) is 17.2 Å². The molecule has 0 saturated carbocycles. The van der Waals surface area contributed by atoms with E-state index in [1.807, 2.05) is 18.2 Å². The van der Waals surface area contributed by atoms with Gasteiger partial charge < -0.3 is 14.2 Å². The molecule has 0 heterocycles. The topological polar surface area (TPSA) is 78.9 Å². The summed E-state index contributed by atoms with van der Waals surface area (Å²) in [5.41, 5.74) is 2.07. The average molecular weight is 509 g/mol. The molecule has 1 aliphatic rings. The van der Waals surface area contributed by atoms with Crippen molar-refractivity contribution in [3.63, 3.8) is 0 Å². The van der Waals surface area contributed by atoms with E-state index in [-0.39, 0.29) is 11.5 Å². The number of halogens is 1. The Kier molecular flexibility index (Phi) is 5.24. The monoisotopic (exact) mass is 508 g/mol. The van der Waals surface area contributed by atoms with E-state index in [9.17, 15) is 14.4 Å². The smallest absolute Gasteiger partial charge is 0.308 e. The normalized spacial score (nSPS) is 13.3. The molecule has 168 valence electrons. The molecule has 0 aromatic heterocycles. The van der Waals surface area contributed by atoms with Crippen LogP contribution in [0.3, 0.4) is 0 Å². The van der Waals surface area contributed by atoms with Crippen LogP contribution in [0.25, 0.3) is 32.3 Å². The molecule has 0 radical (unpaired) electrons. The van der Waals surface area contributed by atoms with Crippen molar-refractivity contribution in [2.45, 2.75) is 46.5 Å². The molecule has 7 heteroatoms. The zero-order valence-electron chi connectivity index (χ0n) is 18.5. The quantitative estimate of drug-likeness (QED) is 0.192. The van der Waals surface area contributed by atoms with Gasteiger partial charge in [-0.3, -0.25) is 14.4 Å². The molecule has 0 fully saturated rings. The Morgan fingerprint density at radius 1 is 0.667 bits per heavy atom. The first-order valence-corrected chi connectivity index (χ1v) is 11.6. The van der Waals surface area contributed by atoms with Gasteiger partial charge in [-0.05, 0) is 53.6 Å². The minimum Gasteiger partial charge on any atom is -0.426 e. The molecule has 33 heavy (non-hydrogen) atoms. The number of rotatable bonds is 3. The van der Waals surface area contributed by atoms with Gasteiger partial charge in [0.15, 0.2) is 11.5 Å². The molecular weight excluding hydrogens is 488 g/mol. The van der Waals surface area contributed by atoms with E-state index >= 15 is 0 Å². The fourth-order valence-electron chi connectivity index (χ4n) is 5.03. The Labute approximate surface area is 198 Å². The van der Waals surface area contributed by atoms with Crippen LogP contribution < -0.4 is 14.2 Å². The summed E-state index contributed by atoms with van der Waals surface area (Å²) in [4.78, 5) is 36.5. The Bertz CT molecular complexity index is 1490. The predicted molar refractivity (Wildman–Crippen MR) is 128 cm³/mol. The highest BCUT2D eigenvalue weighted by atomic mass is 79.9. The first-order chi connectivity index (χ1) is 15.8. The lowest BCUT2D eigenvalue weighted by atomic mass is 9.82. The van der Waals surface area contributed by atoms with Gasteiger partial charge in [-0.25, -0.2) is 0 Å². The maximum atomic E-state index is 12.2. The van der Waals surface area contributed by atoms with Gasteiger partial charge in [0.1, 0.15) is 5.75 Å². The lowest BCUT2D eigenvalue weighted by Gasteiger charge is -2.26. The van der Waals surface area contributed by atoms with Crippen molar-refractivity contribution in [2.24, 2.45) is 0 Å². The van der Waals surface area contributed by atoms with Crippen LogP contribution in [-0.4, -0.2) is 17.9 Å². The van der Waals surface area contributed by atoms with Crippen molar-refractivity contribution in [3.8, 4) is 17.2 Å². The molecule has 1 aliphatic carbocycles. The zero-order chi connectivity index (χ0) is 23.4. The number of aryl methyl sites for hydroxylation is 1. The summed E-state index contributed by atoms with van der Waals surface area (Å²) < 4.78 is 17.9. The van der Waals surface area contributed by atoms with E-state index in [1.54, 1.807) is 0 Å². The maximum absolute atomic E-state index is 12.2. The van der Waals surface area contributed by atoms with Crippen LogP contribution >= 0.6 is 15.9 Å². The van der Waals surface area contributed by atoms with E-state index in [0.717, 1.165) is 58.4 Å². The van der Waals surface area contributed by atoms with E-state index in [0.29, 0.717) is 21.0 Å². The van der Waals surface area contributed by atoms with E-state index in [4.69, 9.17) is 14.2 Å². The highest BCUT2D eigenvalue weighted by molar-refractivity contribution is 9.10. The van der Waals surface area contributed by atoms with Crippen LogP contribution in [0.1, 0.15) is 44.7 Å². The summed E-state index contributed by atoms with van der Waals surface area (Å²) in [6, 6.07) is 7.96. The van der Waals surface area contributed by atoms with E-state index in [1.165, 1.54) is 20.8 Å². The van der Waals surface area contributed by atoms with Gasteiger partial charge in [-0.15, -0.1) is 0 Å². The first-order valence-electron chi connectivity index (χ1n) is 10.8. The van der Waals surface area contributed by atoms with Gasteiger partial charge in [0, 0.05) is 41.4 Å². The molecule has 0 bridgehead atoms. The van der Waals surface area contributed by atoms with Gasteiger partial charge >= 0.3 is 17.9 Å². The number of hydrogen-bond donors (Lipinski definition) is 0. The number of fused-ring (bicyclic) bond motifs is 2. The molecule has 0 spiro atoms. The van der Waals surface area contributed by atoms with Gasteiger partial charge in [-0.1, -0.05) is 34.1 Å². The number of ether oxygens (including phenoxy) is 3. The Morgan fingerprint density at radius 2 is 1.21 bits per heavy atom. The molecule has 4 aromatic carbocycles. The number of hydrogen-bond acceptors (Lipinski definition) is 6. The fourth-order valence-corrected chi connectivity index (χ4v) is 5.54. The zero-order valence-corrected chi connectivity index (χ0v) is 20.1.